The number of hydrogen-bond acceptors (Lipinski definition) is 4. The molecule has 6 nitrogen and oxygen atoms in total. The smallest absolute Gasteiger partial charge is 0.394 e. The molecule has 0 spiro atoms. The van der Waals surface area contributed by atoms with E-state index in [9.17, 15) is 9.59 Å². The Morgan fingerprint density at radius 1 is 1.25 bits per heavy atom. The third-order valence-corrected chi connectivity index (χ3v) is 1.85. The molecule has 0 saturated heterocycles. The van der Waals surface area contributed by atoms with Gasteiger partial charge in [0.2, 0.25) is 0 Å². The van der Waals surface area contributed by atoms with Gasteiger partial charge in [0.25, 0.3) is 0 Å². The second kappa shape index (κ2) is 5.01. The fourth-order valence-corrected chi connectivity index (χ4v) is 1.08. The highest BCUT2D eigenvalue weighted by Crippen LogP contribution is 2.28. The number of hydrogen-bond donors (Lipinski definition) is 2. The van der Waals surface area contributed by atoms with Crippen LogP contribution in [0.25, 0.3) is 0 Å². The van der Waals surface area contributed by atoms with Gasteiger partial charge in [-0.25, -0.2) is 4.79 Å². The van der Waals surface area contributed by atoms with Gasteiger partial charge in [0.1, 0.15) is 11.5 Å². The van der Waals surface area contributed by atoms with E-state index in [1.54, 1.807) is 6.07 Å². The van der Waals surface area contributed by atoms with Crippen LogP contribution in [0.4, 0.5) is 5.69 Å². The molecule has 1 rings (SSSR count). The lowest BCUT2D eigenvalue weighted by atomic mass is 10.2. The van der Waals surface area contributed by atoms with Crippen molar-refractivity contribution in [3.05, 3.63) is 18.2 Å². The summed E-state index contributed by atoms with van der Waals surface area (Å²) in [7, 11) is 2.90. The van der Waals surface area contributed by atoms with Crippen LogP contribution in [0, 0.1) is 0 Å². The maximum atomic E-state index is 10.9. The van der Waals surface area contributed by atoms with Crippen molar-refractivity contribution < 1.29 is 24.2 Å². The molecule has 1 aromatic rings. The number of nitrogens with one attached hydrogen (secondary N) is 1. The van der Waals surface area contributed by atoms with Crippen LogP contribution in [0.1, 0.15) is 0 Å². The van der Waals surface area contributed by atoms with Crippen LogP contribution in [0.15, 0.2) is 18.2 Å². The average Bonchev–Trinajstić information content (AvgIpc) is 2.29. The molecule has 0 aliphatic carbocycles. The molecule has 2 N–H and O–H groups in total. The van der Waals surface area contributed by atoms with E-state index < -0.39 is 11.9 Å². The van der Waals surface area contributed by atoms with Gasteiger partial charge in [-0.3, -0.25) is 4.79 Å². The van der Waals surface area contributed by atoms with E-state index in [1.807, 2.05) is 0 Å². The minimum Gasteiger partial charge on any atom is -0.497 e. The van der Waals surface area contributed by atoms with E-state index >= 15 is 0 Å². The molecule has 0 saturated carbocycles. The fraction of sp³-hybridized carbons (Fsp3) is 0.200. The molecule has 0 unspecified atom stereocenters. The molecule has 1 aromatic carbocycles. The predicted octanol–water partition coefficient (Wildman–Crippen LogP) is 0.727. The first-order valence-electron chi connectivity index (χ1n) is 4.34. The third kappa shape index (κ3) is 2.63. The van der Waals surface area contributed by atoms with Crippen LogP contribution < -0.4 is 14.8 Å². The molecule has 1 amide bonds. The summed E-state index contributed by atoms with van der Waals surface area (Å²) < 4.78 is 9.94. The lowest BCUT2D eigenvalue weighted by molar-refractivity contribution is -0.147. The van der Waals surface area contributed by atoms with Crippen LogP contribution >= 0.6 is 0 Å². The van der Waals surface area contributed by atoms with Gasteiger partial charge in [-0.15, -0.1) is 0 Å². The van der Waals surface area contributed by atoms with Crippen molar-refractivity contribution >= 4 is 17.6 Å². The van der Waals surface area contributed by atoms with E-state index in [-0.39, 0.29) is 5.69 Å². The minimum atomic E-state index is -1.56. The normalized spacial score (nSPS) is 9.38. The van der Waals surface area contributed by atoms with Gasteiger partial charge in [-0.1, -0.05) is 0 Å². The molecule has 0 radical (unpaired) electrons. The van der Waals surface area contributed by atoms with E-state index in [0.717, 1.165) is 0 Å². The molecule has 86 valence electrons. The fourth-order valence-electron chi connectivity index (χ4n) is 1.08. The molecule has 0 heterocycles. The SMILES string of the molecule is COc1ccc(NC(=O)C(=O)O)c(OC)c1. The van der Waals surface area contributed by atoms with Gasteiger partial charge >= 0.3 is 11.9 Å². The Hall–Kier alpha value is -2.24. The van der Waals surface area contributed by atoms with E-state index in [2.05, 4.69) is 5.32 Å². The third-order valence-electron chi connectivity index (χ3n) is 1.85. The van der Waals surface area contributed by atoms with Gasteiger partial charge in [0, 0.05) is 6.07 Å². The molecule has 0 atom stereocenters. The molecule has 0 aliphatic heterocycles. The number of methoxy groups -OCH3 is 2. The van der Waals surface area contributed by atoms with Gasteiger partial charge < -0.3 is 19.9 Å². The number of aliphatic carboxylic acids is 1. The van der Waals surface area contributed by atoms with Crippen LogP contribution in [0.5, 0.6) is 11.5 Å². The molecular weight excluding hydrogens is 214 g/mol. The molecule has 0 aliphatic rings. The maximum Gasteiger partial charge on any atom is 0.394 e. The maximum absolute atomic E-state index is 10.9. The van der Waals surface area contributed by atoms with Gasteiger partial charge in [0.05, 0.1) is 19.9 Å². The number of rotatable bonds is 3. The minimum absolute atomic E-state index is 0.274. The summed E-state index contributed by atoms with van der Waals surface area (Å²) in [5.41, 5.74) is 0.274. The van der Waals surface area contributed by atoms with Gasteiger partial charge in [-0.2, -0.15) is 0 Å². The van der Waals surface area contributed by atoms with E-state index in [0.29, 0.717) is 11.5 Å². The molecular formula is C10H11NO5. The van der Waals surface area contributed by atoms with Crippen molar-refractivity contribution in [3.63, 3.8) is 0 Å². The van der Waals surface area contributed by atoms with Gasteiger partial charge in [0.15, 0.2) is 0 Å². The van der Waals surface area contributed by atoms with Crippen LogP contribution in [-0.2, 0) is 9.59 Å². The molecule has 0 fully saturated rings. The molecule has 0 aromatic heterocycles. The first kappa shape index (κ1) is 11.8. The largest absolute Gasteiger partial charge is 0.497 e. The number of benzene rings is 1. The standard InChI is InChI=1S/C10H11NO5/c1-15-6-3-4-7(8(5-6)16-2)11-9(12)10(13)14/h3-5H,1-2H3,(H,11,12)(H,13,14). The number of amides is 1. The summed E-state index contributed by atoms with van der Waals surface area (Å²) >= 11 is 0. The van der Waals surface area contributed by atoms with Gasteiger partial charge in [-0.05, 0) is 12.1 Å². The second-order valence-corrected chi connectivity index (χ2v) is 2.83. The summed E-state index contributed by atoms with van der Waals surface area (Å²) in [6, 6.07) is 4.62. The highest BCUT2D eigenvalue weighted by Gasteiger charge is 2.14. The monoisotopic (exact) mass is 225 g/mol. The molecule has 0 bridgehead atoms. The quantitative estimate of drug-likeness (QED) is 0.740. The van der Waals surface area contributed by atoms with E-state index in [1.165, 1.54) is 26.4 Å². The van der Waals surface area contributed by atoms with Crippen molar-refractivity contribution in [1.82, 2.24) is 0 Å². The predicted molar refractivity (Wildman–Crippen MR) is 55.8 cm³/mol. The summed E-state index contributed by atoms with van der Waals surface area (Å²) in [5, 5.41) is 10.6. The zero-order valence-electron chi connectivity index (χ0n) is 8.81. The highest BCUT2D eigenvalue weighted by molar-refractivity contribution is 6.36. The number of carbonyl (C=O) groups excluding carboxylic acids is 1. The second-order valence-electron chi connectivity index (χ2n) is 2.83. The highest BCUT2D eigenvalue weighted by atomic mass is 16.5. The Balaban J connectivity index is 2.96. The lowest BCUT2D eigenvalue weighted by Crippen LogP contribution is -2.22. The average molecular weight is 225 g/mol. The summed E-state index contributed by atoms with van der Waals surface area (Å²) in [5.74, 6) is -1.81. The summed E-state index contributed by atoms with van der Waals surface area (Å²) in [6.45, 7) is 0. The first-order chi connectivity index (χ1) is 7.58. The van der Waals surface area contributed by atoms with Crippen molar-refractivity contribution in [3.8, 4) is 11.5 Å². The lowest BCUT2D eigenvalue weighted by Gasteiger charge is -2.10. The Morgan fingerprint density at radius 2 is 1.94 bits per heavy atom. The molecule has 6 heteroatoms. The molecule has 16 heavy (non-hydrogen) atoms. The number of carboxylic acids is 1. The van der Waals surface area contributed by atoms with Crippen molar-refractivity contribution in [1.29, 1.82) is 0 Å². The summed E-state index contributed by atoms with van der Waals surface area (Å²) in [4.78, 5) is 21.3. The summed E-state index contributed by atoms with van der Waals surface area (Å²) in [6.07, 6.45) is 0. The van der Waals surface area contributed by atoms with Crippen LogP contribution in [-0.4, -0.2) is 31.2 Å². The number of ether oxygens (including phenoxy) is 2. The van der Waals surface area contributed by atoms with Crippen molar-refractivity contribution in [2.24, 2.45) is 0 Å². The van der Waals surface area contributed by atoms with Crippen molar-refractivity contribution in [2.75, 3.05) is 19.5 Å². The number of anilines is 1. The van der Waals surface area contributed by atoms with Crippen LogP contribution in [0.2, 0.25) is 0 Å². The Labute approximate surface area is 91.8 Å². The number of carboxylic acid groups (broad SMARTS) is 1. The van der Waals surface area contributed by atoms with Crippen molar-refractivity contribution in [2.45, 2.75) is 0 Å². The van der Waals surface area contributed by atoms with Crippen LogP contribution in [0.3, 0.4) is 0 Å². The topological polar surface area (TPSA) is 84.9 Å². The zero-order chi connectivity index (χ0) is 12.1. The Kier molecular flexibility index (Phi) is 3.71. The number of carbonyl (C=O) groups is 2. The van der Waals surface area contributed by atoms with E-state index in [4.69, 9.17) is 14.6 Å². The first-order valence-corrected chi connectivity index (χ1v) is 4.34. The Bertz CT molecular complexity index is 416. The zero-order valence-corrected chi connectivity index (χ0v) is 8.81. The Morgan fingerprint density at radius 3 is 2.44 bits per heavy atom.